The van der Waals surface area contributed by atoms with Crippen molar-refractivity contribution in [1.82, 2.24) is 4.90 Å². The van der Waals surface area contributed by atoms with Crippen molar-refractivity contribution in [3.05, 3.63) is 28.2 Å². The van der Waals surface area contributed by atoms with Gasteiger partial charge in [-0.1, -0.05) is 26.0 Å². The molecule has 0 spiro atoms. The smallest absolute Gasteiger partial charge is 0.0461 e. The molecule has 0 saturated carbocycles. The van der Waals surface area contributed by atoms with Crippen LogP contribution in [0, 0.1) is 0 Å². The number of nitrogen functional groups attached to an aromatic ring is 1. The fourth-order valence-electron chi connectivity index (χ4n) is 1.63. The predicted molar refractivity (Wildman–Crippen MR) is 82.5 cm³/mol. The molecule has 1 aromatic rings. The SMILES string of the molecule is CCN(CC)CCSCc1cccc(N)c1Br. The van der Waals surface area contributed by atoms with Crippen molar-refractivity contribution < 1.29 is 0 Å². The lowest BCUT2D eigenvalue weighted by Crippen LogP contribution is -2.25. The molecule has 0 fully saturated rings. The van der Waals surface area contributed by atoms with E-state index in [0.29, 0.717) is 0 Å². The molecule has 17 heavy (non-hydrogen) atoms. The maximum atomic E-state index is 5.85. The van der Waals surface area contributed by atoms with Crippen LogP contribution in [0.15, 0.2) is 22.7 Å². The number of hydrogen-bond acceptors (Lipinski definition) is 3. The molecular weight excluding hydrogens is 296 g/mol. The number of thioether (sulfide) groups is 1. The summed E-state index contributed by atoms with van der Waals surface area (Å²) in [4.78, 5) is 2.45. The van der Waals surface area contributed by atoms with Gasteiger partial charge < -0.3 is 10.6 Å². The quantitative estimate of drug-likeness (QED) is 0.615. The number of hydrogen-bond donors (Lipinski definition) is 1. The van der Waals surface area contributed by atoms with Crippen LogP contribution in [-0.2, 0) is 5.75 Å². The standard InChI is InChI=1S/C13H21BrN2S/c1-3-16(4-2)8-9-17-10-11-6-5-7-12(15)13(11)14/h5-7H,3-4,8-10,15H2,1-2H3. The summed E-state index contributed by atoms with van der Waals surface area (Å²) in [6.45, 7) is 7.86. The molecule has 0 aliphatic rings. The van der Waals surface area contributed by atoms with E-state index >= 15 is 0 Å². The van der Waals surface area contributed by atoms with Gasteiger partial charge in [-0.15, -0.1) is 0 Å². The van der Waals surface area contributed by atoms with Gasteiger partial charge in [-0.3, -0.25) is 0 Å². The van der Waals surface area contributed by atoms with E-state index in [0.717, 1.165) is 35.5 Å². The van der Waals surface area contributed by atoms with E-state index in [1.165, 1.54) is 11.3 Å². The summed E-state index contributed by atoms with van der Waals surface area (Å²) in [6.07, 6.45) is 0. The lowest BCUT2D eigenvalue weighted by molar-refractivity contribution is 0.324. The zero-order valence-electron chi connectivity index (χ0n) is 10.6. The number of halogens is 1. The normalized spacial score (nSPS) is 11.1. The third-order valence-corrected chi connectivity index (χ3v) is 4.77. The minimum absolute atomic E-state index is 0.826. The number of nitrogens with zero attached hydrogens (tertiary/aromatic N) is 1. The molecule has 96 valence electrons. The Balaban J connectivity index is 2.33. The second-order valence-corrected chi connectivity index (χ2v) is 5.80. The molecule has 0 amide bonds. The van der Waals surface area contributed by atoms with Crippen molar-refractivity contribution in [2.75, 3.05) is 31.1 Å². The number of benzene rings is 1. The summed E-state index contributed by atoms with van der Waals surface area (Å²) < 4.78 is 1.05. The molecule has 0 aromatic heterocycles. The largest absolute Gasteiger partial charge is 0.398 e. The Morgan fingerprint density at radius 3 is 2.65 bits per heavy atom. The van der Waals surface area contributed by atoms with E-state index in [2.05, 4.69) is 40.7 Å². The fraction of sp³-hybridized carbons (Fsp3) is 0.538. The van der Waals surface area contributed by atoms with Gasteiger partial charge in [-0.25, -0.2) is 0 Å². The van der Waals surface area contributed by atoms with Crippen LogP contribution in [0.5, 0.6) is 0 Å². The topological polar surface area (TPSA) is 29.3 Å². The molecule has 0 aliphatic heterocycles. The summed E-state index contributed by atoms with van der Waals surface area (Å²) in [6, 6.07) is 6.07. The monoisotopic (exact) mass is 316 g/mol. The number of nitrogens with two attached hydrogens (primary N) is 1. The summed E-state index contributed by atoms with van der Waals surface area (Å²) in [5.41, 5.74) is 7.96. The van der Waals surface area contributed by atoms with E-state index in [1.54, 1.807) is 0 Å². The Labute approximate surface area is 117 Å². The van der Waals surface area contributed by atoms with Gasteiger partial charge in [0.2, 0.25) is 0 Å². The number of anilines is 1. The van der Waals surface area contributed by atoms with Crippen LogP contribution in [0.3, 0.4) is 0 Å². The van der Waals surface area contributed by atoms with Crippen LogP contribution in [0.4, 0.5) is 5.69 Å². The van der Waals surface area contributed by atoms with Gasteiger partial charge in [0.1, 0.15) is 0 Å². The van der Waals surface area contributed by atoms with Crippen LogP contribution in [0.1, 0.15) is 19.4 Å². The Morgan fingerprint density at radius 1 is 1.29 bits per heavy atom. The summed E-state index contributed by atoms with van der Waals surface area (Å²) in [5.74, 6) is 2.19. The highest BCUT2D eigenvalue weighted by molar-refractivity contribution is 9.10. The van der Waals surface area contributed by atoms with Gasteiger partial charge in [-0.2, -0.15) is 11.8 Å². The van der Waals surface area contributed by atoms with E-state index in [9.17, 15) is 0 Å². The van der Waals surface area contributed by atoms with E-state index in [-0.39, 0.29) is 0 Å². The molecule has 4 heteroatoms. The molecule has 2 N–H and O–H groups in total. The van der Waals surface area contributed by atoms with Crippen LogP contribution < -0.4 is 5.73 Å². The fourth-order valence-corrected chi connectivity index (χ4v) is 3.21. The highest BCUT2D eigenvalue weighted by Crippen LogP contribution is 2.26. The van der Waals surface area contributed by atoms with E-state index in [1.807, 2.05) is 23.9 Å². The lowest BCUT2D eigenvalue weighted by Gasteiger charge is -2.17. The molecular formula is C13H21BrN2S. The van der Waals surface area contributed by atoms with Gasteiger partial charge in [0, 0.05) is 28.2 Å². The highest BCUT2D eigenvalue weighted by Gasteiger charge is 2.03. The van der Waals surface area contributed by atoms with Crippen molar-refractivity contribution in [2.45, 2.75) is 19.6 Å². The van der Waals surface area contributed by atoms with Crippen molar-refractivity contribution in [3.63, 3.8) is 0 Å². The Bertz CT molecular complexity index is 340. The van der Waals surface area contributed by atoms with Gasteiger partial charge in [0.15, 0.2) is 0 Å². The van der Waals surface area contributed by atoms with Crippen molar-refractivity contribution >= 4 is 33.4 Å². The van der Waals surface area contributed by atoms with E-state index in [4.69, 9.17) is 5.73 Å². The van der Waals surface area contributed by atoms with Crippen molar-refractivity contribution in [1.29, 1.82) is 0 Å². The highest BCUT2D eigenvalue weighted by atomic mass is 79.9. The van der Waals surface area contributed by atoms with Gasteiger partial charge in [0.25, 0.3) is 0 Å². The molecule has 0 bridgehead atoms. The van der Waals surface area contributed by atoms with Gasteiger partial charge in [-0.05, 0) is 40.6 Å². The molecule has 0 saturated heterocycles. The van der Waals surface area contributed by atoms with Crippen molar-refractivity contribution in [2.24, 2.45) is 0 Å². The summed E-state index contributed by atoms with van der Waals surface area (Å²) in [7, 11) is 0. The Morgan fingerprint density at radius 2 is 2.00 bits per heavy atom. The van der Waals surface area contributed by atoms with Gasteiger partial charge >= 0.3 is 0 Å². The average Bonchev–Trinajstić information content (AvgIpc) is 2.34. The number of rotatable bonds is 7. The molecule has 0 heterocycles. The first-order valence-electron chi connectivity index (χ1n) is 6.02. The summed E-state index contributed by atoms with van der Waals surface area (Å²) >= 11 is 5.50. The first-order chi connectivity index (χ1) is 8.19. The minimum atomic E-state index is 0.826. The lowest BCUT2D eigenvalue weighted by atomic mass is 10.2. The first-order valence-corrected chi connectivity index (χ1v) is 7.96. The van der Waals surface area contributed by atoms with Crippen molar-refractivity contribution in [3.8, 4) is 0 Å². The van der Waals surface area contributed by atoms with Crippen LogP contribution >= 0.6 is 27.7 Å². The molecule has 0 unspecified atom stereocenters. The zero-order chi connectivity index (χ0) is 12.7. The molecule has 0 radical (unpaired) electrons. The first kappa shape index (κ1) is 14.9. The van der Waals surface area contributed by atoms with Crippen LogP contribution in [0.25, 0.3) is 0 Å². The third kappa shape index (κ3) is 4.90. The third-order valence-electron chi connectivity index (χ3n) is 2.81. The zero-order valence-corrected chi connectivity index (χ0v) is 13.0. The average molecular weight is 317 g/mol. The van der Waals surface area contributed by atoms with Crippen LogP contribution in [-0.4, -0.2) is 30.3 Å². The van der Waals surface area contributed by atoms with Gasteiger partial charge in [0.05, 0.1) is 0 Å². The predicted octanol–water partition coefficient (Wildman–Crippen LogP) is 3.61. The molecule has 1 aromatic carbocycles. The second kappa shape index (κ2) is 8.01. The minimum Gasteiger partial charge on any atom is -0.398 e. The molecule has 0 aliphatic carbocycles. The summed E-state index contributed by atoms with van der Waals surface area (Å²) in [5, 5.41) is 0. The Hall–Kier alpha value is -0.190. The van der Waals surface area contributed by atoms with Crippen LogP contribution in [0.2, 0.25) is 0 Å². The maximum Gasteiger partial charge on any atom is 0.0461 e. The molecule has 0 atom stereocenters. The molecule has 2 nitrogen and oxygen atoms in total. The second-order valence-electron chi connectivity index (χ2n) is 3.90. The Kier molecular flexibility index (Phi) is 7.00. The molecule has 1 rings (SSSR count). The maximum absolute atomic E-state index is 5.85. The van der Waals surface area contributed by atoms with E-state index < -0.39 is 0 Å².